The summed E-state index contributed by atoms with van der Waals surface area (Å²) in [7, 11) is -1.30. The standard InChI is InChI=1S/C12H21NO3S/c1-4-5-11(12(14)13-3)10-6-7-17(15,16)8-9(10)2/h5,9-10H,4,6-8H2,1-3H3,(H,13,14)/b11-5-. The third-order valence-corrected chi connectivity index (χ3v) is 5.15. The number of allylic oxidation sites excluding steroid dienone is 1. The summed E-state index contributed by atoms with van der Waals surface area (Å²) in [6, 6.07) is 0. The summed E-state index contributed by atoms with van der Waals surface area (Å²) < 4.78 is 23.0. The van der Waals surface area contributed by atoms with Crippen molar-refractivity contribution in [2.75, 3.05) is 18.6 Å². The van der Waals surface area contributed by atoms with Crippen LogP contribution in [0.4, 0.5) is 0 Å². The van der Waals surface area contributed by atoms with Crippen LogP contribution in [0.2, 0.25) is 0 Å². The van der Waals surface area contributed by atoms with Gasteiger partial charge in [0, 0.05) is 12.6 Å². The van der Waals surface area contributed by atoms with Crippen molar-refractivity contribution in [1.29, 1.82) is 0 Å². The smallest absolute Gasteiger partial charge is 0.246 e. The Labute approximate surface area is 103 Å². The molecule has 0 spiro atoms. The van der Waals surface area contributed by atoms with Gasteiger partial charge in [0.15, 0.2) is 9.84 Å². The lowest BCUT2D eigenvalue weighted by Gasteiger charge is -2.30. The van der Waals surface area contributed by atoms with E-state index in [4.69, 9.17) is 0 Å². The van der Waals surface area contributed by atoms with Crippen molar-refractivity contribution in [2.45, 2.75) is 26.7 Å². The minimum atomic E-state index is -2.90. The van der Waals surface area contributed by atoms with Gasteiger partial charge in [-0.1, -0.05) is 19.9 Å². The average Bonchev–Trinajstić information content (AvgIpc) is 2.25. The Bertz CT molecular complexity index is 411. The maximum Gasteiger partial charge on any atom is 0.246 e. The maximum atomic E-state index is 11.8. The summed E-state index contributed by atoms with van der Waals surface area (Å²) in [6.07, 6.45) is 3.26. The second-order valence-electron chi connectivity index (χ2n) is 4.63. The normalized spacial score (nSPS) is 28.8. The summed E-state index contributed by atoms with van der Waals surface area (Å²) in [4.78, 5) is 11.8. The van der Waals surface area contributed by atoms with Gasteiger partial charge in [-0.3, -0.25) is 4.79 Å². The van der Waals surface area contributed by atoms with Gasteiger partial charge in [-0.05, 0) is 24.7 Å². The largest absolute Gasteiger partial charge is 0.355 e. The highest BCUT2D eigenvalue weighted by Crippen LogP contribution is 2.31. The molecule has 1 N–H and O–H groups in total. The van der Waals surface area contributed by atoms with E-state index in [2.05, 4.69) is 5.32 Å². The van der Waals surface area contributed by atoms with Gasteiger partial charge in [0.25, 0.3) is 0 Å². The van der Waals surface area contributed by atoms with Crippen molar-refractivity contribution in [1.82, 2.24) is 5.32 Å². The Balaban J connectivity index is 2.91. The van der Waals surface area contributed by atoms with Crippen LogP contribution in [0.15, 0.2) is 11.6 Å². The first kappa shape index (κ1) is 14.2. The lowest BCUT2D eigenvalue weighted by atomic mass is 9.84. The second-order valence-corrected chi connectivity index (χ2v) is 6.86. The minimum Gasteiger partial charge on any atom is -0.355 e. The zero-order chi connectivity index (χ0) is 13.1. The van der Waals surface area contributed by atoms with Crippen LogP contribution in [0.25, 0.3) is 0 Å². The fourth-order valence-corrected chi connectivity index (χ4v) is 4.24. The predicted octanol–water partition coefficient (Wildman–Crippen LogP) is 1.14. The number of sulfone groups is 1. The quantitative estimate of drug-likeness (QED) is 0.773. The topological polar surface area (TPSA) is 63.2 Å². The zero-order valence-electron chi connectivity index (χ0n) is 10.7. The van der Waals surface area contributed by atoms with Gasteiger partial charge in [-0.2, -0.15) is 0 Å². The van der Waals surface area contributed by atoms with E-state index < -0.39 is 9.84 Å². The lowest BCUT2D eigenvalue weighted by Crippen LogP contribution is -2.36. The molecule has 5 heteroatoms. The number of hydrogen-bond donors (Lipinski definition) is 1. The molecule has 1 aliphatic heterocycles. The maximum absolute atomic E-state index is 11.8. The molecule has 0 bridgehead atoms. The van der Waals surface area contributed by atoms with Crippen LogP contribution in [0.3, 0.4) is 0 Å². The molecule has 1 aliphatic rings. The van der Waals surface area contributed by atoms with E-state index in [1.807, 2.05) is 19.9 Å². The Hall–Kier alpha value is -0.840. The van der Waals surface area contributed by atoms with E-state index in [1.54, 1.807) is 7.05 Å². The summed E-state index contributed by atoms with van der Waals surface area (Å²) >= 11 is 0. The summed E-state index contributed by atoms with van der Waals surface area (Å²) in [5, 5.41) is 2.63. The van der Waals surface area contributed by atoms with Crippen molar-refractivity contribution < 1.29 is 13.2 Å². The fourth-order valence-electron chi connectivity index (χ4n) is 2.43. The van der Waals surface area contributed by atoms with Crippen LogP contribution in [0.1, 0.15) is 26.7 Å². The monoisotopic (exact) mass is 259 g/mol. The van der Waals surface area contributed by atoms with E-state index in [-0.39, 0.29) is 29.2 Å². The first-order valence-corrected chi connectivity index (χ1v) is 7.86. The molecule has 1 amide bonds. The molecule has 0 aliphatic carbocycles. The molecule has 17 heavy (non-hydrogen) atoms. The van der Waals surface area contributed by atoms with E-state index in [0.717, 1.165) is 12.0 Å². The van der Waals surface area contributed by atoms with Crippen LogP contribution in [0, 0.1) is 11.8 Å². The SMILES string of the molecule is CC/C=C(\C(=O)NC)C1CCS(=O)(=O)CC1C. The highest BCUT2D eigenvalue weighted by Gasteiger charge is 2.34. The third-order valence-electron chi connectivity index (χ3n) is 3.26. The number of carbonyl (C=O) groups excluding carboxylic acids is 1. The van der Waals surface area contributed by atoms with Gasteiger partial charge in [0.2, 0.25) is 5.91 Å². The van der Waals surface area contributed by atoms with Crippen molar-refractivity contribution in [3.8, 4) is 0 Å². The van der Waals surface area contributed by atoms with E-state index in [9.17, 15) is 13.2 Å². The van der Waals surface area contributed by atoms with Crippen LogP contribution in [-0.2, 0) is 14.6 Å². The number of amides is 1. The van der Waals surface area contributed by atoms with Crippen molar-refractivity contribution in [3.63, 3.8) is 0 Å². The highest BCUT2D eigenvalue weighted by molar-refractivity contribution is 7.91. The van der Waals surface area contributed by atoms with Gasteiger partial charge in [-0.25, -0.2) is 8.42 Å². The summed E-state index contributed by atoms with van der Waals surface area (Å²) in [6.45, 7) is 3.89. The first-order chi connectivity index (χ1) is 7.91. The summed E-state index contributed by atoms with van der Waals surface area (Å²) in [5.41, 5.74) is 0.748. The Morgan fingerprint density at radius 1 is 1.47 bits per heavy atom. The zero-order valence-corrected chi connectivity index (χ0v) is 11.5. The van der Waals surface area contributed by atoms with Crippen LogP contribution < -0.4 is 5.32 Å². The molecule has 1 rings (SSSR count). The number of likely N-dealkylation sites (N-methyl/N-ethyl adjacent to an activating group) is 1. The van der Waals surface area contributed by atoms with E-state index >= 15 is 0 Å². The molecular weight excluding hydrogens is 238 g/mol. The third kappa shape index (κ3) is 3.56. The molecule has 0 aromatic heterocycles. The van der Waals surface area contributed by atoms with Crippen molar-refractivity contribution >= 4 is 15.7 Å². The number of hydrogen-bond acceptors (Lipinski definition) is 3. The molecule has 0 radical (unpaired) electrons. The van der Waals surface area contributed by atoms with Crippen LogP contribution in [-0.4, -0.2) is 32.9 Å². The number of nitrogens with one attached hydrogen (secondary N) is 1. The Morgan fingerprint density at radius 3 is 2.59 bits per heavy atom. The molecule has 1 heterocycles. The summed E-state index contributed by atoms with van der Waals surface area (Å²) in [5.74, 6) is 0.390. The molecule has 0 aromatic rings. The van der Waals surface area contributed by atoms with Gasteiger partial charge in [0.1, 0.15) is 0 Å². The molecule has 1 saturated heterocycles. The lowest BCUT2D eigenvalue weighted by molar-refractivity contribution is -0.117. The first-order valence-electron chi connectivity index (χ1n) is 6.03. The highest BCUT2D eigenvalue weighted by atomic mass is 32.2. The van der Waals surface area contributed by atoms with Gasteiger partial charge in [0.05, 0.1) is 11.5 Å². The fraction of sp³-hybridized carbons (Fsp3) is 0.750. The van der Waals surface area contributed by atoms with E-state index in [1.165, 1.54) is 0 Å². The van der Waals surface area contributed by atoms with Crippen LogP contribution >= 0.6 is 0 Å². The second kappa shape index (κ2) is 5.67. The molecular formula is C12H21NO3S. The minimum absolute atomic E-state index is 0.0175. The molecule has 0 aromatic carbocycles. The van der Waals surface area contributed by atoms with Crippen molar-refractivity contribution in [3.05, 3.63) is 11.6 Å². The van der Waals surface area contributed by atoms with E-state index in [0.29, 0.717) is 6.42 Å². The molecule has 2 unspecified atom stereocenters. The van der Waals surface area contributed by atoms with Crippen molar-refractivity contribution in [2.24, 2.45) is 11.8 Å². The Kier molecular flexibility index (Phi) is 4.74. The Morgan fingerprint density at radius 2 is 2.12 bits per heavy atom. The van der Waals surface area contributed by atoms with Gasteiger partial charge in [-0.15, -0.1) is 0 Å². The van der Waals surface area contributed by atoms with Gasteiger partial charge >= 0.3 is 0 Å². The molecule has 2 atom stereocenters. The number of rotatable bonds is 3. The average molecular weight is 259 g/mol. The molecule has 4 nitrogen and oxygen atoms in total. The van der Waals surface area contributed by atoms with Crippen LogP contribution in [0.5, 0.6) is 0 Å². The number of carbonyl (C=O) groups is 1. The molecule has 0 saturated carbocycles. The van der Waals surface area contributed by atoms with Gasteiger partial charge < -0.3 is 5.32 Å². The molecule has 1 fully saturated rings. The molecule has 98 valence electrons. The predicted molar refractivity (Wildman–Crippen MR) is 68.4 cm³/mol.